The van der Waals surface area contributed by atoms with E-state index in [4.69, 9.17) is 9.47 Å². The standard InChI is InChI=1S/C11H16O2/c1-5-4-8-9-6-2-3-7(12-6)10(9)11(5)13-8/h5-11H,2-4H2,1H3. The third kappa shape index (κ3) is 0.701. The van der Waals surface area contributed by atoms with Crippen LogP contribution in [-0.2, 0) is 9.47 Å². The van der Waals surface area contributed by atoms with Gasteiger partial charge in [-0.3, -0.25) is 0 Å². The molecule has 4 rings (SSSR count). The topological polar surface area (TPSA) is 18.5 Å². The predicted octanol–water partition coefficient (Wildman–Crippen LogP) is 1.59. The van der Waals surface area contributed by atoms with Crippen molar-refractivity contribution in [1.82, 2.24) is 0 Å². The molecule has 13 heavy (non-hydrogen) atoms. The highest BCUT2D eigenvalue weighted by molar-refractivity contribution is 5.10. The van der Waals surface area contributed by atoms with Crippen LogP contribution in [0.15, 0.2) is 0 Å². The molecule has 4 fully saturated rings. The van der Waals surface area contributed by atoms with E-state index >= 15 is 0 Å². The second-order valence-electron chi connectivity index (χ2n) is 5.30. The van der Waals surface area contributed by atoms with Crippen LogP contribution >= 0.6 is 0 Å². The summed E-state index contributed by atoms with van der Waals surface area (Å²) < 4.78 is 12.0. The van der Waals surface area contributed by atoms with Gasteiger partial charge in [-0.15, -0.1) is 0 Å². The molecule has 4 aliphatic rings. The van der Waals surface area contributed by atoms with Crippen LogP contribution in [0.1, 0.15) is 26.2 Å². The first kappa shape index (κ1) is 7.24. The molecule has 0 saturated carbocycles. The quantitative estimate of drug-likeness (QED) is 0.563. The molecule has 4 saturated heterocycles. The predicted molar refractivity (Wildman–Crippen MR) is 47.3 cm³/mol. The van der Waals surface area contributed by atoms with E-state index in [0.717, 1.165) is 17.8 Å². The molecule has 0 amide bonds. The third-order valence-corrected chi connectivity index (χ3v) is 4.69. The third-order valence-electron chi connectivity index (χ3n) is 4.69. The van der Waals surface area contributed by atoms with Gasteiger partial charge in [-0.2, -0.15) is 0 Å². The molecule has 7 atom stereocenters. The monoisotopic (exact) mass is 180 g/mol. The van der Waals surface area contributed by atoms with Gasteiger partial charge in [0.1, 0.15) is 0 Å². The number of rotatable bonds is 0. The molecule has 4 aliphatic heterocycles. The largest absolute Gasteiger partial charge is 0.374 e. The Morgan fingerprint density at radius 1 is 0.923 bits per heavy atom. The summed E-state index contributed by atoms with van der Waals surface area (Å²) >= 11 is 0. The minimum absolute atomic E-state index is 0.547. The van der Waals surface area contributed by atoms with Crippen molar-refractivity contribution in [2.45, 2.75) is 50.6 Å². The molecule has 7 unspecified atom stereocenters. The van der Waals surface area contributed by atoms with Crippen molar-refractivity contribution in [3.05, 3.63) is 0 Å². The number of hydrogen-bond acceptors (Lipinski definition) is 2. The smallest absolute Gasteiger partial charge is 0.0663 e. The maximum absolute atomic E-state index is 6.05. The SMILES string of the molecule is CC1CC2OC1C1C3CCC(O3)C21. The van der Waals surface area contributed by atoms with Gasteiger partial charge in [-0.1, -0.05) is 6.92 Å². The fraction of sp³-hybridized carbons (Fsp3) is 1.00. The lowest BCUT2D eigenvalue weighted by molar-refractivity contribution is 0.00277. The Morgan fingerprint density at radius 2 is 1.69 bits per heavy atom. The lowest BCUT2D eigenvalue weighted by atomic mass is 9.68. The Balaban J connectivity index is 1.75. The molecule has 0 aromatic heterocycles. The Labute approximate surface area is 78.6 Å². The van der Waals surface area contributed by atoms with Gasteiger partial charge in [0.15, 0.2) is 0 Å². The van der Waals surface area contributed by atoms with Gasteiger partial charge in [0.2, 0.25) is 0 Å². The zero-order valence-corrected chi connectivity index (χ0v) is 7.98. The number of ether oxygens (including phenoxy) is 2. The van der Waals surface area contributed by atoms with Crippen molar-refractivity contribution in [2.24, 2.45) is 17.8 Å². The van der Waals surface area contributed by atoms with Gasteiger partial charge in [0, 0.05) is 11.8 Å². The zero-order valence-electron chi connectivity index (χ0n) is 7.98. The van der Waals surface area contributed by atoms with E-state index in [2.05, 4.69) is 6.92 Å². The molecule has 72 valence electrons. The summed E-state index contributed by atoms with van der Waals surface area (Å²) in [6, 6.07) is 0. The fourth-order valence-corrected chi connectivity index (χ4v) is 4.28. The molecule has 0 aromatic rings. The summed E-state index contributed by atoms with van der Waals surface area (Å²) in [6.45, 7) is 2.34. The molecule has 0 aliphatic carbocycles. The molecule has 4 heterocycles. The van der Waals surface area contributed by atoms with E-state index in [1.54, 1.807) is 0 Å². The Bertz CT molecular complexity index is 252. The fourth-order valence-electron chi connectivity index (χ4n) is 4.28. The highest BCUT2D eigenvalue weighted by Gasteiger charge is 2.63. The molecule has 0 radical (unpaired) electrons. The summed E-state index contributed by atoms with van der Waals surface area (Å²) in [5.41, 5.74) is 0. The number of fused-ring (bicyclic) bond motifs is 9. The van der Waals surface area contributed by atoms with E-state index in [-0.39, 0.29) is 0 Å². The van der Waals surface area contributed by atoms with Crippen molar-refractivity contribution in [2.75, 3.05) is 0 Å². The van der Waals surface area contributed by atoms with Crippen LogP contribution in [0.5, 0.6) is 0 Å². The van der Waals surface area contributed by atoms with Crippen LogP contribution in [0, 0.1) is 17.8 Å². The van der Waals surface area contributed by atoms with E-state index in [1.807, 2.05) is 0 Å². The Hall–Kier alpha value is -0.0800. The summed E-state index contributed by atoms with van der Waals surface area (Å²) in [6.07, 6.45) is 6.12. The summed E-state index contributed by atoms with van der Waals surface area (Å²) in [5.74, 6) is 2.33. The van der Waals surface area contributed by atoms with E-state index < -0.39 is 0 Å². The average Bonchev–Trinajstić information content (AvgIpc) is 2.78. The van der Waals surface area contributed by atoms with Crippen LogP contribution < -0.4 is 0 Å². The summed E-state index contributed by atoms with van der Waals surface area (Å²) in [4.78, 5) is 0. The zero-order chi connectivity index (χ0) is 8.58. The minimum atomic E-state index is 0.547. The molecular weight excluding hydrogens is 164 g/mol. The molecular formula is C11H16O2. The van der Waals surface area contributed by atoms with Gasteiger partial charge >= 0.3 is 0 Å². The average molecular weight is 180 g/mol. The lowest BCUT2D eigenvalue weighted by Crippen LogP contribution is -2.39. The first-order valence-electron chi connectivity index (χ1n) is 5.65. The van der Waals surface area contributed by atoms with Crippen LogP contribution in [-0.4, -0.2) is 24.4 Å². The normalized spacial score (nSPS) is 67.6. The molecule has 0 N–H and O–H groups in total. The van der Waals surface area contributed by atoms with E-state index in [1.165, 1.54) is 19.3 Å². The van der Waals surface area contributed by atoms with E-state index in [0.29, 0.717) is 24.4 Å². The molecule has 4 bridgehead atoms. The van der Waals surface area contributed by atoms with Crippen molar-refractivity contribution in [3.63, 3.8) is 0 Å². The minimum Gasteiger partial charge on any atom is -0.374 e. The molecule has 2 heteroatoms. The second-order valence-corrected chi connectivity index (χ2v) is 5.30. The first-order chi connectivity index (χ1) is 6.34. The van der Waals surface area contributed by atoms with E-state index in [9.17, 15) is 0 Å². The maximum atomic E-state index is 6.05. The lowest BCUT2D eigenvalue weighted by Gasteiger charge is -2.31. The van der Waals surface area contributed by atoms with Crippen molar-refractivity contribution >= 4 is 0 Å². The van der Waals surface area contributed by atoms with Gasteiger partial charge in [-0.05, 0) is 25.2 Å². The Kier molecular flexibility index (Phi) is 1.18. The van der Waals surface area contributed by atoms with Gasteiger partial charge in [0.05, 0.1) is 24.4 Å². The molecule has 0 spiro atoms. The second kappa shape index (κ2) is 2.12. The highest BCUT2D eigenvalue weighted by atomic mass is 16.5. The summed E-state index contributed by atoms with van der Waals surface area (Å²) in [5, 5.41) is 0. The number of hydrogen-bond donors (Lipinski definition) is 0. The first-order valence-corrected chi connectivity index (χ1v) is 5.65. The van der Waals surface area contributed by atoms with Crippen LogP contribution in [0.25, 0.3) is 0 Å². The van der Waals surface area contributed by atoms with Crippen LogP contribution in [0.3, 0.4) is 0 Å². The highest BCUT2D eigenvalue weighted by Crippen LogP contribution is 2.58. The molecule has 2 nitrogen and oxygen atoms in total. The maximum Gasteiger partial charge on any atom is 0.0663 e. The Morgan fingerprint density at radius 3 is 2.54 bits per heavy atom. The van der Waals surface area contributed by atoms with Gasteiger partial charge in [0.25, 0.3) is 0 Å². The van der Waals surface area contributed by atoms with Crippen LogP contribution in [0.4, 0.5) is 0 Å². The summed E-state index contributed by atoms with van der Waals surface area (Å²) in [7, 11) is 0. The van der Waals surface area contributed by atoms with Gasteiger partial charge in [-0.25, -0.2) is 0 Å². The van der Waals surface area contributed by atoms with Crippen molar-refractivity contribution in [1.29, 1.82) is 0 Å². The van der Waals surface area contributed by atoms with Gasteiger partial charge < -0.3 is 9.47 Å². The van der Waals surface area contributed by atoms with Crippen molar-refractivity contribution in [3.8, 4) is 0 Å². The van der Waals surface area contributed by atoms with Crippen LogP contribution in [0.2, 0.25) is 0 Å². The van der Waals surface area contributed by atoms with Crippen molar-refractivity contribution < 1.29 is 9.47 Å². The molecule has 0 aromatic carbocycles.